The minimum atomic E-state index is -1.06. The van der Waals surface area contributed by atoms with Crippen molar-refractivity contribution in [2.45, 2.75) is 0 Å². The van der Waals surface area contributed by atoms with Gasteiger partial charge in [0.1, 0.15) is 11.4 Å². The highest BCUT2D eigenvalue weighted by Gasteiger charge is 2.08. The van der Waals surface area contributed by atoms with Crippen molar-refractivity contribution in [3.8, 4) is 11.5 Å². The van der Waals surface area contributed by atoms with E-state index in [4.69, 9.17) is 9.63 Å². The van der Waals surface area contributed by atoms with E-state index in [1.165, 1.54) is 12.3 Å². The van der Waals surface area contributed by atoms with Crippen LogP contribution < -0.4 is 0 Å². The number of carbonyl (C=O) groups is 1. The van der Waals surface area contributed by atoms with Gasteiger partial charge in [-0.3, -0.25) is 0 Å². The van der Waals surface area contributed by atoms with Gasteiger partial charge in [0.05, 0.1) is 6.20 Å². The summed E-state index contributed by atoms with van der Waals surface area (Å²) in [5.41, 5.74) is 0.446. The van der Waals surface area contributed by atoms with Crippen LogP contribution in [0, 0.1) is 0 Å². The van der Waals surface area contributed by atoms with Crippen LogP contribution in [0.3, 0.4) is 0 Å². The Bertz CT molecular complexity index is 451. The average Bonchev–Trinajstić information content (AvgIpc) is 2.71. The molecule has 14 heavy (non-hydrogen) atoms. The molecular weight excluding hydrogens is 184 g/mol. The van der Waals surface area contributed by atoms with Gasteiger partial charge in [-0.05, 0) is 12.1 Å². The van der Waals surface area contributed by atoms with Gasteiger partial charge in [0.25, 0.3) is 0 Å². The van der Waals surface area contributed by atoms with E-state index in [1.54, 1.807) is 18.2 Å². The van der Waals surface area contributed by atoms with Gasteiger partial charge in [0.15, 0.2) is 5.76 Å². The maximum Gasteiger partial charge on any atom is 0.354 e. The molecule has 0 aliphatic rings. The quantitative estimate of drug-likeness (QED) is 0.775. The molecule has 5 heteroatoms. The van der Waals surface area contributed by atoms with Crippen molar-refractivity contribution >= 4 is 5.97 Å². The Kier molecular flexibility index (Phi) is 1.98. The Morgan fingerprint density at radius 1 is 1.36 bits per heavy atom. The number of carboxylic acid groups (broad SMARTS) is 1. The molecule has 0 spiro atoms. The Balaban J connectivity index is 2.46. The van der Waals surface area contributed by atoms with E-state index in [1.807, 2.05) is 0 Å². The highest BCUT2D eigenvalue weighted by atomic mass is 16.5. The van der Waals surface area contributed by atoms with Gasteiger partial charge >= 0.3 is 5.97 Å². The van der Waals surface area contributed by atoms with Crippen molar-refractivity contribution in [2.24, 2.45) is 0 Å². The summed E-state index contributed by atoms with van der Waals surface area (Å²) in [6, 6.07) is 6.30. The average molecular weight is 190 g/mol. The summed E-state index contributed by atoms with van der Waals surface area (Å²) in [7, 11) is 0. The number of hydrogen-bond donors (Lipinski definition) is 1. The molecule has 0 saturated heterocycles. The highest BCUT2D eigenvalue weighted by molar-refractivity contribution is 5.85. The summed E-state index contributed by atoms with van der Waals surface area (Å²) >= 11 is 0. The van der Waals surface area contributed by atoms with Crippen LogP contribution in [0.5, 0.6) is 0 Å². The van der Waals surface area contributed by atoms with Crippen molar-refractivity contribution in [1.82, 2.24) is 10.1 Å². The third-order valence-electron chi connectivity index (χ3n) is 1.66. The summed E-state index contributed by atoms with van der Waals surface area (Å²) in [5, 5.41) is 12.2. The Morgan fingerprint density at radius 2 is 2.21 bits per heavy atom. The van der Waals surface area contributed by atoms with Gasteiger partial charge < -0.3 is 9.63 Å². The third kappa shape index (κ3) is 1.47. The predicted octanol–water partition coefficient (Wildman–Crippen LogP) is 1.43. The van der Waals surface area contributed by atoms with Gasteiger partial charge in [0.2, 0.25) is 0 Å². The predicted molar refractivity (Wildman–Crippen MR) is 46.7 cm³/mol. The number of aromatic carboxylic acids is 1. The monoisotopic (exact) mass is 190 g/mol. The molecule has 0 atom stereocenters. The van der Waals surface area contributed by atoms with Crippen LogP contribution in [0.1, 0.15) is 10.5 Å². The lowest BCUT2D eigenvalue weighted by atomic mass is 10.2. The molecule has 1 N–H and O–H groups in total. The van der Waals surface area contributed by atoms with E-state index in [-0.39, 0.29) is 5.69 Å². The van der Waals surface area contributed by atoms with Crippen LogP contribution in [-0.4, -0.2) is 21.2 Å². The Labute approximate surface area is 79.0 Å². The van der Waals surface area contributed by atoms with Gasteiger partial charge in [-0.25, -0.2) is 9.78 Å². The molecule has 0 bridgehead atoms. The standard InChI is InChI=1S/C9H6N2O3/c12-9(13)7-3-1-2-6(11-7)8-4-5-10-14-8/h1-5H,(H,12,13). The molecule has 0 aliphatic carbocycles. The summed E-state index contributed by atoms with van der Waals surface area (Å²) in [5.74, 6) is -0.612. The summed E-state index contributed by atoms with van der Waals surface area (Å²) in [6.07, 6.45) is 1.48. The second-order valence-corrected chi connectivity index (χ2v) is 2.59. The SMILES string of the molecule is O=C(O)c1cccc(-c2ccno2)n1. The van der Waals surface area contributed by atoms with Crippen LogP contribution in [0.2, 0.25) is 0 Å². The number of hydrogen-bond acceptors (Lipinski definition) is 4. The molecule has 0 aromatic carbocycles. The van der Waals surface area contributed by atoms with Crippen molar-refractivity contribution in [3.05, 3.63) is 36.2 Å². The zero-order chi connectivity index (χ0) is 9.97. The molecular formula is C9H6N2O3. The van der Waals surface area contributed by atoms with E-state index in [2.05, 4.69) is 10.1 Å². The van der Waals surface area contributed by atoms with Crippen LogP contribution in [0.4, 0.5) is 0 Å². The summed E-state index contributed by atoms with van der Waals surface area (Å²) < 4.78 is 4.85. The van der Waals surface area contributed by atoms with Crippen molar-refractivity contribution < 1.29 is 14.4 Å². The molecule has 0 unspecified atom stereocenters. The molecule has 5 nitrogen and oxygen atoms in total. The maximum absolute atomic E-state index is 10.6. The fraction of sp³-hybridized carbons (Fsp3) is 0. The lowest BCUT2D eigenvalue weighted by molar-refractivity contribution is 0.0690. The van der Waals surface area contributed by atoms with Crippen LogP contribution >= 0.6 is 0 Å². The lowest BCUT2D eigenvalue weighted by Gasteiger charge is -1.96. The molecule has 2 heterocycles. The fourth-order valence-corrected chi connectivity index (χ4v) is 1.04. The summed E-state index contributed by atoms with van der Waals surface area (Å²) in [6.45, 7) is 0. The van der Waals surface area contributed by atoms with E-state index >= 15 is 0 Å². The van der Waals surface area contributed by atoms with Crippen LogP contribution in [0.15, 0.2) is 35.0 Å². The van der Waals surface area contributed by atoms with E-state index in [0.29, 0.717) is 11.5 Å². The molecule has 0 amide bonds. The number of rotatable bonds is 2. The molecule has 0 saturated carbocycles. The van der Waals surface area contributed by atoms with Crippen molar-refractivity contribution in [3.63, 3.8) is 0 Å². The zero-order valence-corrected chi connectivity index (χ0v) is 7.04. The first-order valence-corrected chi connectivity index (χ1v) is 3.89. The number of aromatic nitrogens is 2. The van der Waals surface area contributed by atoms with Crippen molar-refractivity contribution in [1.29, 1.82) is 0 Å². The molecule has 0 aliphatic heterocycles. The smallest absolute Gasteiger partial charge is 0.354 e. The molecule has 0 fully saturated rings. The molecule has 0 radical (unpaired) electrons. The molecule has 2 aromatic rings. The first kappa shape index (κ1) is 8.43. The normalized spacial score (nSPS) is 10.0. The van der Waals surface area contributed by atoms with Gasteiger partial charge in [-0.15, -0.1) is 0 Å². The highest BCUT2D eigenvalue weighted by Crippen LogP contribution is 2.15. The Hall–Kier alpha value is -2.17. The van der Waals surface area contributed by atoms with E-state index in [0.717, 1.165) is 0 Å². The molecule has 2 rings (SSSR count). The van der Waals surface area contributed by atoms with Crippen LogP contribution in [-0.2, 0) is 0 Å². The number of pyridine rings is 1. The molecule has 2 aromatic heterocycles. The molecule has 70 valence electrons. The topological polar surface area (TPSA) is 76.2 Å². The fourth-order valence-electron chi connectivity index (χ4n) is 1.04. The van der Waals surface area contributed by atoms with E-state index < -0.39 is 5.97 Å². The maximum atomic E-state index is 10.6. The minimum Gasteiger partial charge on any atom is -0.477 e. The second-order valence-electron chi connectivity index (χ2n) is 2.59. The van der Waals surface area contributed by atoms with Crippen molar-refractivity contribution in [2.75, 3.05) is 0 Å². The van der Waals surface area contributed by atoms with Gasteiger partial charge in [0, 0.05) is 6.07 Å². The largest absolute Gasteiger partial charge is 0.477 e. The number of carboxylic acids is 1. The second kappa shape index (κ2) is 3.29. The van der Waals surface area contributed by atoms with Gasteiger partial charge in [-0.2, -0.15) is 0 Å². The first-order chi connectivity index (χ1) is 6.77. The van der Waals surface area contributed by atoms with Gasteiger partial charge in [-0.1, -0.05) is 11.2 Å². The zero-order valence-electron chi connectivity index (χ0n) is 7.04. The third-order valence-corrected chi connectivity index (χ3v) is 1.66. The number of nitrogens with zero attached hydrogens (tertiary/aromatic N) is 2. The first-order valence-electron chi connectivity index (χ1n) is 3.89. The summed E-state index contributed by atoms with van der Waals surface area (Å²) in [4.78, 5) is 14.5. The van der Waals surface area contributed by atoms with E-state index in [9.17, 15) is 4.79 Å². The lowest BCUT2D eigenvalue weighted by Crippen LogP contribution is -2.00. The Morgan fingerprint density at radius 3 is 2.86 bits per heavy atom. The van der Waals surface area contributed by atoms with Crippen LogP contribution in [0.25, 0.3) is 11.5 Å². The minimum absolute atomic E-state index is 0.0149.